The van der Waals surface area contributed by atoms with Crippen LogP contribution in [-0.2, 0) is 13.1 Å². The standard InChI is InChI=1S/C22H24ClNO4/c1-26-22-7-3-2-5-17(22)13-24(15-21-6-4-12-27-21)14-19(25)16-28-20-10-8-18(23)9-11-20/h2-12,19,25H,13-16H2,1H3/t19-/m1/s1. The van der Waals surface area contributed by atoms with Gasteiger partial charge in [0.25, 0.3) is 0 Å². The van der Waals surface area contributed by atoms with Gasteiger partial charge >= 0.3 is 0 Å². The van der Waals surface area contributed by atoms with Crippen LogP contribution in [0.3, 0.4) is 0 Å². The first-order valence-electron chi connectivity index (χ1n) is 9.07. The lowest BCUT2D eigenvalue weighted by molar-refractivity contribution is 0.0602. The van der Waals surface area contributed by atoms with Crippen LogP contribution >= 0.6 is 11.6 Å². The van der Waals surface area contributed by atoms with E-state index in [1.807, 2.05) is 36.4 Å². The van der Waals surface area contributed by atoms with Crippen molar-refractivity contribution in [1.29, 1.82) is 0 Å². The van der Waals surface area contributed by atoms with Crippen molar-refractivity contribution in [3.63, 3.8) is 0 Å². The molecule has 0 fully saturated rings. The third kappa shape index (κ3) is 6.02. The maximum absolute atomic E-state index is 10.5. The smallest absolute Gasteiger partial charge is 0.123 e. The molecule has 1 N–H and O–H groups in total. The number of methoxy groups -OCH3 is 1. The third-order valence-corrected chi connectivity index (χ3v) is 4.52. The number of rotatable bonds is 10. The predicted molar refractivity (Wildman–Crippen MR) is 109 cm³/mol. The Morgan fingerprint density at radius 2 is 1.82 bits per heavy atom. The van der Waals surface area contributed by atoms with Gasteiger partial charge in [-0.2, -0.15) is 0 Å². The van der Waals surface area contributed by atoms with Crippen LogP contribution in [0.4, 0.5) is 0 Å². The predicted octanol–water partition coefficient (Wildman–Crippen LogP) is 4.38. The molecule has 3 rings (SSSR count). The summed E-state index contributed by atoms with van der Waals surface area (Å²) in [4.78, 5) is 2.10. The van der Waals surface area contributed by atoms with Crippen LogP contribution in [0, 0.1) is 0 Å². The van der Waals surface area contributed by atoms with Gasteiger partial charge in [-0.25, -0.2) is 0 Å². The highest BCUT2D eigenvalue weighted by molar-refractivity contribution is 6.30. The molecule has 0 saturated heterocycles. The summed E-state index contributed by atoms with van der Waals surface area (Å²) in [5.41, 5.74) is 1.04. The van der Waals surface area contributed by atoms with Crippen LogP contribution in [0.5, 0.6) is 11.5 Å². The molecule has 1 heterocycles. The Morgan fingerprint density at radius 3 is 2.54 bits per heavy atom. The molecule has 1 atom stereocenters. The number of aliphatic hydroxyl groups is 1. The van der Waals surface area contributed by atoms with Crippen molar-refractivity contribution in [2.24, 2.45) is 0 Å². The Kier molecular flexibility index (Phi) is 7.37. The second-order valence-electron chi connectivity index (χ2n) is 6.48. The molecule has 0 aliphatic heterocycles. The summed E-state index contributed by atoms with van der Waals surface area (Å²) in [6.07, 6.45) is 0.983. The molecule has 1 aromatic heterocycles. The molecule has 0 spiro atoms. The number of furan rings is 1. The summed E-state index contributed by atoms with van der Waals surface area (Å²) in [5, 5.41) is 11.2. The van der Waals surface area contributed by atoms with Crippen LogP contribution in [0.15, 0.2) is 71.3 Å². The van der Waals surface area contributed by atoms with Gasteiger partial charge in [0.2, 0.25) is 0 Å². The van der Waals surface area contributed by atoms with Crippen LogP contribution < -0.4 is 9.47 Å². The van der Waals surface area contributed by atoms with E-state index in [1.165, 1.54) is 0 Å². The minimum absolute atomic E-state index is 0.183. The molecule has 0 unspecified atom stereocenters. The van der Waals surface area contributed by atoms with Crippen molar-refractivity contribution in [2.45, 2.75) is 19.2 Å². The lowest BCUT2D eigenvalue weighted by atomic mass is 10.1. The topological polar surface area (TPSA) is 55.1 Å². The SMILES string of the molecule is COc1ccccc1CN(Cc1ccco1)C[C@@H](O)COc1ccc(Cl)cc1. The van der Waals surface area contributed by atoms with Crippen molar-refractivity contribution >= 4 is 11.6 Å². The van der Waals surface area contributed by atoms with E-state index in [2.05, 4.69) is 4.90 Å². The fraction of sp³-hybridized carbons (Fsp3) is 0.273. The average molecular weight is 402 g/mol. The normalized spacial score (nSPS) is 12.1. The first-order chi connectivity index (χ1) is 13.6. The molecule has 5 nitrogen and oxygen atoms in total. The first-order valence-corrected chi connectivity index (χ1v) is 9.45. The summed E-state index contributed by atoms with van der Waals surface area (Å²) >= 11 is 5.88. The van der Waals surface area contributed by atoms with E-state index in [9.17, 15) is 5.11 Å². The molecule has 0 radical (unpaired) electrons. The van der Waals surface area contributed by atoms with Crippen LogP contribution in [-0.4, -0.2) is 36.4 Å². The highest BCUT2D eigenvalue weighted by Gasteiger charge is 2.16. The summed E-state index contributed by atoms with van der Waals surface area (Å²) < 4.78 is 16.6. The van der Waals surface area contributed by atoms with E-state index in [1.54, 1.807) is 37.6 Å². The Balaban J connectivity index is 1.63. The van der Waals surface area contributed by atoms with E-state index >= 15 is 0 Å². The summed E-state index contributed by atoms with van der Waals surface area (Å²) in [7, 11) is 1.66. The number of benzene rings is 2. The lowest BCUT2D eigenvalue weighted by Gasteiger charge is -2.25. The minimum Gasteiger partial charge on any atom is -0.496 e. The zero-order chi connectivity index (χ0) is 19.8. The molecule has 0 aliphatic rings. The Labute approximate surface area is 170 Å². The lowest BCUT2D eigenvalue weighted by Crippen LogP contribution is -2.35. The number of halogens is 1. The fourth-order valence-corrected chi connectivity index (χ4v) is 3.08. The van der Waals surface area contributed by atoms with Gasteiger partial charge in [-0.05, 0) is 42.5 Å². The molecule has 0 saturated carbocycles. The van der Waals surface area contributed by atoms with Crippen molar-refractivity contribution in [2.75, 3.05) is 20.3 Å². The molecular weight excluding hydrogens is 378 g/mol. The molecule has 0 amide bonds. The van der Waals surface area contributed by atoms with Gasteiger partial charge < -0.3 is 19.0 Å². The number of para-hydroxylation sites is 1. The number of aliphatic hydroxyl groups excluding tert-OH is 1. The van der Waals surface area contributed by atoms with Crippen LogP contribution in [0.2, 0.25) is 5.02 Å². The summed E-state index contributed by atoms with van der Waals surface area (Å²) in [6.45, 7) is 1.79. The van der Waals surface area contributed by atoms with E-state index in [-0.39, 0.29) is 6.61 Å². The molecule has 148 valence electrons. The van der Waals surface area contributed by atoms with Crippen LogP contribution in [0.1, 0.15) is 11.3 Å². The Bertz CT molecular complexity index is 836. The average Bonchev–Trinajstić information content (AvgIpc) is 3.21. The van der Waals surface area contributed by atoms with Gasteiger partial charge in [0.05, 0.1) is 19.9 Å². The van der Waals surface area contributed by atoms with Gasteiger partial charge in [0.1, 0.15) is 30.0 Å². The zero-order valence-electron chi connectivity index (χ0n) is 15.8. The molecular formula is C22H24ClNO4. The minimum atomic E-state index is -0.666. The van der Waals surface area contributed by atoms with Crippen LogP contribution in [0.25, 0.3) is 0 Å². The number of hydrogen-bond donors (Lipinski definition) is 1. The Morgan fingerprint density at radius 1 is 1.04 bits per heavy atom. The largest absolute Gasteiger partial charge is 0.496 e. The van der Waals surface area contributed by atoms with Gasteiger partial charge in [0.15, 0.2) is 0 Å². The second-order valence-corrected chi connectivity index (χ2v) is 6.92. The van der Waals surface area contributed by atoms with Gasteiger partial charge in [-0.3, -0.25) is 4.90 Å². The van der Waals surface area contributed by atoms with E-state index in [0.717, 1.165) is 17.1 Å². The van der Waals surface area contributed by atoms with Crippen molar-refractivity contribution in [3.8, 4) is 11.5 Å². The fourth-order valence-electron chi connectivity index (χ4n) is 2.96. The van der Waals surface area contributed by atoms with Gasteiger partial charge in [0, 0.05) is 23.7 Å². The van der Waals surface area contributed by atoms with E-state index in [4.69, 9.17) is 25.5 Å². The molecule has 3 aromatic rings. The summed E-state index contributed by atoms with van der Waals surface area (Å²) in [5.74, 6) is 2.32. The van der Waals surface area contributed by atoms with E-state index in [0.29, 0.717) is 30.4 Å². The molecule has 28 heavy (non-hydrogen) atoms. The zero-order valence-corrected chi connectivity index (χ0v) is 16.5. The third-order valence-electron chi connectivity index (χ3n) is 4.27. The highest BCUT2D eigenvalue weighted by atomic mass is 35.5. The number of nitrogens with zero attached hydrogens (tertiary/aromatic N) is 1. The van der Waals surface area contributed by atoms with Gasteiger partial charge in [-0.1, -0.05) is 29.8 Å². The monoisotopic (exact) mass is 401 g/mol. The van der Waals surface area contributed by atoms with Gasteiger partial charge in [-0.15, -0.1) is 0 Å². The molecule has 0 aliphatic carbocycles. The maximum Gasteiger partial charge on any atom is 0.123 e. The number of ether oxygens (including phenoxy) is 2. The Hall–Kier alpha value is -2.47. The first kappa shape index (κ1) is 20.3. The van der Waals surface area contributed by atoms with Crippen molar-refractivity contribution in [3.05, 3.63) is 83.3 Å². The maximum atomic E-state index is 10.5. The molecule has 6 heteroatoms. The van der Waals surface area contributed by atoms with E-state index < -0.39 is 6.10 Å². The second kappa shape index (κ2) is 10.2. The molecule has 2 aromatic carbocycles. The molecule has 0 bridgehead atoms. The van der Waals surface area contributed by atoms with Crippen molar-refractivity contribution in [1.82, 2.24) is 4.90 Å². The van der Waals surface area contributed by atoms with Crippen molar-refractivity contribution < 1.29 is 19.0 Å². The summed E-state index contributed by atoms with van der Waals surface area (Å²) in [6, 6.07) is 18.7. The number of hydrogen-bond acceptors (Lipinski definition) is 5. The highest BCUT2D eigenvalue weighted by Crippen LogP contribution is 2.21. The quantitative estimate of drug-likeness (QED) is 0.546.